The molecule has 0 rings (SSSR count). The number of amides is 2. The molecule has 0 aliphatic carbocycles. The predicted octanol–water partition coefficient (Wildman–Crippen LogP) is 2.56. The highest BCUT2D eigenvalue weighted by Crippen LogP contribution is 2.11. The Morgan fingerprint density at radius 3 is 2.40 bits per heavy atom. The summed E-state index contributed by atoms with van der Waals surface area (Å²) >= 11 is 1.84. The molecule has 0 fully saturated rings. The number of hydrogen-bond donors (Lipinski definition) is 3. The number of rotatable bonds is 10. The first-order valence-corrected chi connectivity index (χ1v) is 8.37. The topological polar surface area (TPSA) is 78.4 Å². The van der Waals surface area contributed by atoms with Gasteiger partial charge in [-0.15, -0.1) is 0 Å². The van der Waals surface area contributed by atoms with E-state index >= 15 is 0 Å². The first-order chi connectivity index (χ1) is 9.36. The lowest BCUT2D eigenvalue weighted by atomic mass is 9.97. The summed E-state index contributed by atoms with van der Waals surface area (Å²) in [5, 5.41) is 14.6. The highest BCUT2D eigenvalue weighted by Gasteiger charge is 2.19. The van der Waals surface area contributed by atoms with E-state index in [9.17, 15) is 9.59 Å². The number of urea groups is 1. The van der Waals surface area contributed by atoms with Gasteiger partial charge in [0.1, 0.15) is 0 Å². The molecule has 20 heavy (non-hydrogen) atoms. The Labute approximate surface area is 126 Å². The Morgan fingerprint density at radius 2 is 1.90 bits per heavy atom. The quantitative estimate of drug-likeness (QED) is 0.542. The molecule has 3 N–H and O–H groups in total. The Bertz CT molecular complexity index is 298. The molecule has 2 unspecified atom stereocenters. The molecule has 2 atom stereocenters. The molecule has 5 nitrogen and oxygen atoms in total. The normalized spacial score (nSPS) is 13.8. The van der Waals surface area contributed by atoms with E-state index in [1.54, 1.807) is 0 Å². The maximum Gasteiger partial charge on any atom is 0.315 e. The minimum atomic E-state index is -0.855. The van der Waals surface area contributed by atoms with Crippen LogP contribution in [0.3, 0.4) is 0 Å². The zero-order chi connectivity index (χ0) is 15.5. The zero-order valence-corrected chi connectivity index (χ0v) is 13.8. The van der Waals surface area contributed by atoms with Crippen LogP contribution in [0.4, 0.5) is 4.79 Å². The van der Waals surface area contributed by atoms with Crippen LogP contribution in [0, 0.1) is 11.8 Å². The number of nitrogens with one attached hydrogen (secondary N) is 2. The van der Waals surface area contributed by atoms with Crippen molar-refractivity contribution >= 4 is 23.8 Å². The number of thioether (sulfide) groups is 1. The van der Waals surface area contributed by atoms with Crippen molar-refractivity contribution < 1.29 is 14.7 Å². The van der Waals surface area contributed by atoms with Gasteiger partial charge in [0.2, 0.25) is 0 Å². The second-order valence-electron chi connectivity index (χ2n) is 5.41. The molecular weight excluding hydrogens is 276 g/mol. The van der Waals surface area contributed by atoms with Gasteiger partial charge in [-0.2, -0.15) is 11.8 Å². The van der Waals surface area contributed by atoms with Crippen LogP contribution >= 0.6 is 11.8 Å². The second-order valence-corrected chi connectivity index (χ2v) is 6.80. The second kappa shape index (κ2) is 10.8. The van der Waals surface area contributed by atoms with E-state index < -0.39 is 11.9 Å². The van der Waals surface area contributed by atoms with Crippen molar-refractivity contribution in [2.45, 2.75) is 46.6 Å². The molecule has 0 aromatic heterocycles. The number of aliphatic carboxylic acids is 1. The van der Waals surface area contributed by atoms with E-state index in [1.165, 1.54) is 0 Å². The summed E-state index contributed by atoms with van der Waals surface area (Å²) < 4.78 is 0. The number of carbonyl (C=O) groups excluding carboxylic acids is 1. The number of carboxylic acid groups (broad SMARTS) is 1. The van der Waals surface area contributed by atoms with E-state index in [-0.39, 0.29) is 18.6 Å². The van der Waals surface area contributed by atoms with Gasteiger partial charge < -0.3 is 15.7 Å². The van der Waals surface area contributed by atoms with Crippen molar-refractivity contribution in [1.82, 2.24) is 10.6 Å². The zero-order valence-electron chi connectivity index (χ0n) is 12.9. The maximum atomic E-state index is 11.7. The van der Waals surface area contributed by atoms with Gasteiger partial charge in [-0.3, -0.25) is 4.79 Å². The molecule has 0 bridgehead atoms. The molecule has 0 saturated heterocycles. The molecule has 0 radical (unpaired) electrons. The fraction of sp³-hybridized carbons (Fsp3) is 0.857. The molecule has 0 aromatic carbocycles. The molecule has 0 spiro atoms. The van der Waals surface area contributed by atoms with E-state index in [2.05, 4.69) is 17.6 Å². The Hall–Kier alpha value is -0.910. The third kappa shape index (κ3) is 9.95. The predicted molar refractivity (Wildman–Crippen MR) is 84.2 cm³/mol. The van der Waals surface area contributed by atoms with Crippen LogP contribution in [0.15, 0.2) is 0 Å². The van der Waals surface area contributed by atoms with Crippen LogP contribution in [0.1, 0.15) is 40.5 Å². The lowest BCUT2D eigenvalue weighted by Crippen LogP contribution is -2.43. The monoisotopic (exact) mass is 304 g/mol. The summed E-state index contributed by atoms with van der Waals surface area (Å²) in [4.78, 5) is 22.7. The van der Waals surface area contributed by atoms with Crippen LogP contribution in [0.2, 0.25) is 0 Å². The van der Waals surface area contributed by atoms with E-state index in [4.69, 9.17) is 5.11 Å². The van der Waals surface area contributed by atoms with Gasteiger partial charge in [-0.05, 0) is 37.2 Å². The summed E-state index contributed by atoms with van der Waals surface area (Å²) in [6.45, 7) is 8.19. The lowest BCUT2D eigenvalue weighted by molar-refractivity contribution is -0.142. The first kappa shape index (κ1) is 19.1. The summed E-state index contributed by atoms with van der Waals surface area (Å²) in [5.74, 6) is 1.02. The summed E-state index contributed by atoms with van der Waals surface area (Å²) in [5.41, 5.74) is 0. The van der Waals surface area contributed by atoms with Gasteiger partial charge in [-0.25, -0.2) is 4.79 Å². The number of carbonyl (C=O) groups is 2. The number of hydrogen-bond acceptors (Lipinski definition) is 3. The minimum Gasteiger partial charge on any atom is -0.481 e. The van der Waals surface area contributed by atoms with Crippen molar-refractivity contribution in [1.29, 1.82) is 0 Å². The summed E-state index contributed by atoms with van der Waals surface area (Å²) in [7, 11) is 0. The molecular formula is C14H28N2O3S. The van der Waals surface area contributed by atoms with Gasteiger partial charge in [0, 0.05) is 12.6 Å². The lowest BCUT2D eigenvalue weighted by Gasteiger charge is -2.18. The van der Waals surface area contributed by atoms with Crippen molar-refractivity contribution in [3.8, 4) is 0 Å². The van der Waals surface area contributed by atoms with E-state index in [0.29, 0.717) is 12.3 Å². The molecule has 0 aliphatic rings. The van der Waals surface area contributed by atoms with Crippen LogP contribution in [0.25, 0.3) is 0 Å². The fourth-order valence-electron chi connectivity index (χ4n) is 1.81. The average molecular weight is 304 g/mol. The first-order valence-electron chi connectivity index (χ1n) is 7.21. The fourth-order valence-corrected chi connectivity index (χ4v) is 2.62. The van der Waals surface area contributed by atoms with Crippen molar-refractivity contribution in [2.75, 3.05) is 18.1 Å². The highest BCUT2D eigenvalue weighted by molar-refractivity contribution is 7.99. The van der Waals surface area contributed by atoms with Crippen molar-refractivity contribution in [2.24, 2.45) is 11.8 Å². The Kier molecular flexibility index (Phi) is 10.3. The standard InChI is InChI=1S/C14H28N2O3S/c1-5-20-7-6-11(4)16-14(19)15-9-12(13(17)18)8-10(2)3/h10-12H,5-9H2,1-4H3,(H,17,18)(H2,15,16,19). The molecule has 0 aromatic rings. The van der Waals surface area contributed by atoms with Gasteiger partial charge >= 0.3 is 12.0 Å². The summed E-state index contributed by atoms with van der Waals surface area (Å²) in [6.07, 6.45) is 1.48. The third-order valence-electron chi connectivity index (χ3n) is 2.89. The summed E-state index contributed by atoms with van der Waals surface area (Å²) in [6, 6.07) is -0.184. The van der Waals surface area contributed by atoms with E-state index in [1.807, 2.05) is 32.5 Å². The third-order valence-corrected chi connectivity index (χ3v) is 3.82. The van der Waals surface area contributed by atoms with Gasteiger partial charge in [0.15, 0.2) is 0 Å². The van der Waals surface area contributed by atoms with Crippen LogP contribution in [-0.2, 0) is 4.79 Å². The van der Waals surface area contributed by atoms with Gasteiger partial charge in [-0.1, -0.05) is 20.8 Å². The SMILES string of the molecule is CCSCCC(C)NC(=O)NCC(CC(C)C)C(=O)O. The van der Waals surface area contributed by atoms with Crippen LogP contribution in [0.5, 0.6) is 0 Å². The largest absolute Gasteiger partial charge is 0.481 e. The molecule has 118 valence electrons. The molecule has 0 aliphatic heterocycles. The minimum absolute atomic E-state index is 0.0995. The number of carboxylic acids is 1. The molecule has 2 amide bonds. The van der Waals surface area contributed by atoms with Crippen LogP contribution < -0.4 is 10.6 Å². The van der Waals surface area contributed by atoms with Gasteiger partial charge in [0.25, 0.3) is 0 Å². The Morgan fingerprint density at radius 1 is 1.25 bits per heavy atom. The van der Waals surface area contributed by atoms with Crippen molar-refractivity contribution in [3.63, 3.8) is 0 Å². The van der Waals surface area contributed by atoms with Crippen molar-refractivity contribution in [3.05, 3.63) is 0 Å². The van der Waals surface area contributed by atoms with Crippen LogP contribution in [-0.4, -0.2) is 41.2 Å². The molecule has 6 heteroatoms. The average Bonchev–Trinajstić information content (AvgIpc) is 2.34. The molecule has 0 heterocycles. The Balaban J connectivity index is 3.97. The highest BCUT2D eigenvalue weighted by atomic mass is 32.2. The maximum absolute atomic E-state index is 11.7. The smallest absolute Gasteiger partial charge is 0.315 e. The van der Waals surface area contributed by atoms with Gasteiger partial charge in [0.05, 0.1) is 5.92 Å². The van der Waals surface area contributed by atoms with E-state index in [0.717, 1.165) is 17.9 Å². The molecule has 0 saturated carbocycles.